The van der Waals surface area contributed by atoms with Crippen molar-refractivity contribution in [3.63, 3.8) is 0 Å². The van der Waals surface area contributed by atoms with Crippen LogP contribution in [-0.2, 0) is 0 Å². The van der Waals surface area contributed by atoms with Gasteiger partial charge in [-0.15, -0.1) is 0 Å². The molecule has 0 radical (unpaired) electrons. The van der Waals surface area contributed by atoms with Crippen LogP contribution in [0.2, 0.25) is 0 Å². The standard InChI is InChI=1S/C7H6O2S/c8-5-2-1-3-6-7(5)10-4-9-6/h1-3,8H,4H2. The first-order valence-corrected chi connectivity index (χ1v) is 3.94. The van der Waals surface area contributed by atoms with E-state index in [0.717, 1.165) is 10.6 Å². The third-order valence-electron chi connectivity index (χ3n) is 1.38. The lowest BCUT2D eigenvalue weighted by molar-refractivity contribution is 0.390. The third-order valence-corrected chi connectivity index (χ3v) is 2.31. The molecule has 0 saturated heterocycles. The SMILES string of the molecule is Oc1cccc2c1SCO2. The molecule has 0 aliphatic carbocycles. The van der Waals surface area contributed by atoms with Crippen molar-refractivity contribution in [2.75, 3.05) is 5.94 Å². The third kappa shape index (κ3) is 0.743. The Morgan fingerprint density at radius 1 is 1.50 bits per heavy atom. The van der Waals surface area contributed by atoms with Crippen LogP contribution in [0.1, 0.15) is 0 Å². The smallest absolute Gasteiger partial charge is 0.138 e. The highest BCUT2D eigenvalue weighted by Crippen LogP contribution is 2.41. The van der Waals surface area contributed by atoms with Crippen LogP contribution in [0.4, 0.5) is 0 Å². The first-order chi connectivity index (χ1) is 4.88. The second-order valence-corrected chi connectivity index (χ2v) is 2.94. The summed E-state index contributed by atoms with van der Waals surface area (Å²) < 4.78 is 5.18. The summed E-state index contributed by atoms with van der Waals surface area (Å²) in [7, 11) is 0. The monoisotopic (exact) mass is 154 g/mol. The van der Waals surface area contributed by atoms with E-state index in [-0.39, 0.29) is 0 Å². The fourth-order valence-corrected chi connectivity index (χ4v) is 1.70. The minimum Gasteiger partial charge on any atom is -0.507 e. The van der Waals surface area contributed by atoms with Gasteiger partial charge in [0.25, 0.3) is 0 Å². The zero-order valence-corrected chi connectivity index (χ0v) is 6.02. The van der Waals surface area contributed by atoms with Gasteiger partial charge in [-0.05, 0) is 12.1 Å². The number of benzene rings is 1. The summed E-state index contributed by atoms with van der Waals surface area (Å²) in [5.74, 6) is 1.73. The highest BCUT2D eigenvalue weighted by Gasteiger charge is 2.15. The maximum Gasteiger partial charge on any atom is 0.138 e. The van der Waals surface area contributed by atoms with Crippen molar-refractivity contribution in [2.45, 2.75) is 4.90 Å². The quantitative estimate of drug-likeness (QED) is 0.618. The zero-order chi connectivity index (χ0) is 6.97. The number of thioether (sulfide) groups is 1. The highest BCUT2D eigenvalue weighted by molar-refractivity contribution is 7.99. The van der Waals surface area contributed by atoms with Crippen molar-refractivity contribution in [1.29, 1.82) is 0 Å². The maximum absolute atomic E-state index is 9.23. The minimum atomic E-state index is 0.319. The van der Waals surface area contributed by atoms with Crippen molar-refractivity contribution in [1.82, 2.24) is 0 Å². The molecule has 0 fully saturated rings. The number of hydrogen-bond acceptors (Lipinski definition) is 3. The Hall–Kier alpha value is -0.830. The van der Waals surface area contributed by atoms with Crippen LogP contribution in [-0.4, -0.2) is 11.0 Å². The van der Waals surface area contributed by atoms with E-state index in [0.29, 0.717) is 11.7 Å². The van der Waals surface area contributed by atoms with Crippen LogP contribution in [0.15, 0.2) is 23.1 Å². The molecule has 0 bridgehead atoms. The summed E-state index contributed by atoms with van der Waals surface area (Å²) >= 11 is 1.52. The molecular formula is C7H6O2S. The van der Waals surface area contributed by atoms with Gasteiger partial charge in [0.2, 0.25) is 0 Å². The van der Waals surface area contributed by atoms with Crippen LogP contribution in [0.5, 0.6) is 11.5 Å². The van der Waals surface area contributed by atoms with E-state index in [1.807, 2.05) is 6.07 Å². The second-order valence-electron chi connectivity index (χ2n) is 2.01. The zero-order valence-electron chi connectivity index (χ0n) is 5.20. The van der Waals surface area contributed by atoms with E-state index in [2.05, 4.69) is 0 Å². The molecule has 1 aromatic rings. The molecule has 1 heterocycles. The van der Waals surface area contributed by atoms with Crippen LogP contribution in [0.25, 0.3) is 0 Å². The van der Waals surface area contributed by atoms with Gasteiger partial charge in [-0.25, -0.2) is 0 Å². The summed E-state index contributed by atoms with van der Waals surface area (Å²) in [5, 5.41) is 9.23. The van der Waals surface area contributed by atoms with Gasteiger partial charge in [0.05, 0.1) is 4.90 Å². The predicted octanol–water partition coefficient (Wildman–Crippen LogP) is 1.83. The van der Waals surface area contributed by atoms with Gasteiger partial charge in [-0.1, -0.05) is 17.8 Å². The molecule has 1 N–H and O–H groups in total. The predicted molar refractivity (Wildman–Crippen MR) is 39.5 cm³/mol. The topological polar surface area (TPSA) is 29.5 Å². The van der Waals surface area contributed by atoms with Crippen molar-refractivity contribution >= 4 is 11.8 Å². The fourth-order valence-electron chi connectivity index (χ4n) is 0.915. The molecule has 52 valence electrons. The molecule has 1 aromatic carbocycles. The van der Waals surface area contributed by atoms with Gasteiger partial charge in [-0.2, -0.15) is 0 Å². The van der Waals surface area contributed by atoms with Crippen LogP contribution < -0.4 is 4.74 Å². The number of fused-ring (bicyclic) bond motifs is 1. The van der Waals surface area contributed by atoms with Gasteiger partial charge in [0, 0.05) is 0 Å². The lowest BCUT2D eigenvalue weighted by Gasteiger charge is -1.96. The van der Waals surface area contributed by atoms with Gasteiger partial charge < -0.3 is 9.84 Å². The largest absolute Gasteiger partial charge is 0.507 e. The molecule has 0 saturated carbocycles. The Balaban J connectivity index is 2.59. The van der Waals surface area contributed by atoms with E-state index >= 15 is 0 Å². The molecule has 1 aliphatic rings. The molecule has 0 spiro atoms. The molecule has 0 amide bonds. The molecule has 2 nitrogen and oxygen atoms in total. The number of rotatable bonds is 0. The molecule has 1 aliphatic heterocycles. The van der Waals surface area contributed by atoms with Crippen LogP contribution in [0.3, 0.4) is 0 Å². The Labute approximate surface area is 62.8 Å². The average molecular weight is 154 g/mol. The van der Waals surface area contributed by atoms with E-state index in [1.54, 1.807) is 12.1 Å². The first-order valence-electron chi connectivity index (χ1n) is 2.95. The Morgan fingerprint density at radius 3 is 3.20 bits per heavy atom. The maximum atomic E-state index is 9.23. The summed E-state index contributed by atoms with van der Waals surface area (Å²) in [6.45, 7) is 0. The van der Waals surface area contributed by atoms with Crippen molar-refractivity contribution in [3.8, 4) is 11.5 Å². The fraction of sp³-hybridized carbons (Fsp3) is 0.143. The number of ether oxygens (including phenoxy) is 1. The minimum absolute atomic E-state index is 0.319. The van der Waals surface area contributed by atoms with E-state index in [1.165, 1.54) is 11.8 Å². The lowest BCUT2D eigenvalue weighted by atomic mass is 10.3. The first kappa shape index (κ1) is 5.92. The molecule has 0 unspecified atom stereocenters. The number of phenolic OH excluding ortho intramolecular Hbond substituents is 1. The molecule has 2 rings (SSSR count). The molecule has 10 heavy (non-hydrogen) atoms. The molecule has 0 aromatic heterocycles. The highest BCUT2D eigenvalue weighted by atomic mass is 32.2. The summed E-state index contributed by atoms with van der Waals surface area (Å²) in [6.07, 6.45) is 0. The van der Waals surface area contributed by atoms with Crippen molar-refractivity contribution in [2.24, 2.45) is 0 Å². The Morgan fingerprint density at radius 2 is 2.40 bits per heavy atom. The second kappa shape index (κ2) is 2.09. The average Bonchev–Trinajstić information content (AvgIpc) is 2.36. The van der Waals surface area contributed by atoms with E-state index in [4.69, 9.17) is 4.74 Å². The van der Waals surface area contributed by atoms with Crippen LogP contribution >= 0.6 is 11.8 Å². The van der Waals surface area contributed by atoms with Gasteiger partial charge >= 0.3 is 0 Å². The van der Waals surface area contributed by atoms with E-state index in [9.17, 15) is 5.11 Å². The number of phenols is 1. The van der Waals surface area contributed by atoms with Crippen molar-refractivity contribution < 1.29 is 9.84 Å². The molecule has 0 atom stereocenters. The summed E-state index contributed by atoms with van der Waals surface area (Å²) in [4.78, 5) is 0.863. The van der Waals surface area contributed by atoms with Gasteiger partial charge in [0.1, 0.15) is 17.4 Å². The number of hydrogen-bond donors (Lipinski definition) is 1. The van der Waals surface area contributed by atoms with Crippen LogP contribution in [0, 0.1) is 0 Å². The normalized spacial score (nSPS) is 14.4. The van der Waals surface area contributed by atoms with Crippen molar-refractivity contribution in [3.05, 3.63) is 18.2 Å². The Bertz CT molecular complexity index is 260. The summed E-state index contributed by atoms with van der Waals surface area (Å²) in [5.41, 5.74) is 0. The Kier molecular flexibility index (Phi) is 1.24. The molecular weight excluding hydrogens is 148 g/mol. The summed E-state index contributed by atoms with van der Waals surface area (Å²) in [6, 6.07) is 5.30. The number of aromatic hydroxyl groups is 1. The van der Waals surface area contributed by atoms with Gasteiger partial charge in [0.15, 0.2) is 0 Å². The van der Waals surface area contributed by atoms with E-state index < -0.39 is 0 Å². The molecule has 3 heteroatoms. The lowest BCUT2D eigenvalue weighted by Crippen LogP contribution is -1.80. The van der Waals surface area contributed by atoms with Gasteiger partial charge in [-0.3, -0.25) is 0 Å².